The van der Waals surface area contributed by atoms with Crippen LogP contribution in [0.25, 0.3) is 0 Å². The molecule has 1 aromatic rings. The van der Waals surface area contributed by atoms with Crippen LogP contribution in [0.15, 0.2) is 12.1 Å². The summed E-state index contributed by atoms with van der Waals surface area (Å²) in [5.41, 5.74) is 0. The Balaban J connectivity index is 1.78. The third-order valence-electron chi connectivity index (χ3n) is 2.82. The fourth-order valence-electron chi connectivity index (χ4n) is 1.61. The summed E-state index contributed by atoms with van der Waals surface area (Å²) in [6.45, 7) is 2.78. The molecule has 2 N–H and O–H groups in total. The fraction of sp³-hybridized carbons (Fsp3) is 0.636. The highest BCUT2D eigenvalue weighted by atomic mass is 35.5. The molecule has 1 saturated carbocycles. The molecular weight excluding hydrogens is 230 g/mol. The zero-order valence-corrected chi connectivity index (χ0v) is 10.3. The van der Waals surface area contributed by atoms with Crippen LogP contribution in [0.3, 0.4) is 0 Å². The summed E-state index contributed by atoms with van der Waals surface area (Å²) in [5.74, 6) is 0.539. The molecule has 0 bridgehead atoms. The first-order chi connectivity index (χ1) is 7.16. The minimum absolute atomic E-state index is 0.178. The van der Waals surface area contributed by atoms with E-state index in [2.05, 4.69) is 12.2 Å². The molecule has 2 nitrogen and oxygen atoms in total. The van der Waals surface area contributed by atoms with Gasteiger partial charge in [-0.25, -0.2) is 0 Å². The largest absolute Gasteiger partial charge is 0.392 e. The monoisotopic (exact) mass is 245 g/mol. The van der Waals surface area contributed by atoms with Gasteiger partial charge in [0.1, 0.15) is 0 Å². The predicted octanol–water partition coefficient (Wildman–Crippen LogP) is 2.82. The van der Waals surface area contributed by atoms with Crippen molar-refractivity contribution in [1.82, 2.24) is 5.32 Å². The lowest BCUT2D eigenvalue weighted by molar-refractivity contribution is 0.145. The molecule has 84 valence electrons. The maximum atomic E-state index is 9.70. The minimum atomic E-state index is -0.178. The summed E-state index contributed by atoms with van der Waals surface area (Å²) in [6.07, 6.45) is 2.19. The highest BCUT2D eigenvalue weighted by molar-refractivity contribution is 7.16. The number of rotatable bonds is 5. The Morgan fingerprint density at radius 3 is 2.87 bits per heavy atom. The molecule has 1 heterocycles. The van der Waals surface area contributed by atoms with Crippen molar-refractivity contribution in [3.8, 4) is 0 Å². The van der Waals surface area contributed by atoms with Crippen LogP contribution in [-0.2, 0) is 0 Å². The van der Waals surface area contributed by atoms with Crippen molar-refractivity contribution in [2.75, 3.05) is 6.54 Å². The second-order valence-electron chi connectivity index (χ2n) is 4.18. The number of halogens is 1. The van der Waals surface area contributed by atoms with E-state index < -0.39 is 0 Å². The Kier molecular flexibility index (Phi) is 3.67. The molecule has 2 rings (SSSR count). The molecule has 1 aliphatic rings. The van der Waals surface area contributed by atoms with Crippen LogP contribution in [0.1, 0.15) is 30.7 Å². The van der Waals surface area contributed by atoms with Crippen LogP contribution < -0.4 is 5.32 Å². The van der Waals surface area contributed by atoms with Gasteiger partial charge in [0.25, 0.3) is 0 Å². The topological polar surface area (TPSA) is 32.3 Å². The molecule has 0 radical (unpaired) electrons. The molecule has 1 fully saturated rings. The highest BCUT2D eigenvalue weighted by Crippen LogP contribution is 2.32. The molecule has 1 aromatic heterocycles. The molecule has 15 heavy (non-hydrogen) atoms. The van der Waals surface area contributed by atoms with Crippen molar-refractivity contribution in [3.63, 3.8) is 0 Å². The fourth-order valence-corrected chi connectivity index (χ4v) is 2.69. The van der Waals surface area contributed by atoms with E-state index in [1.165, 1.54) is 17.7 Å². The van der Waals surface area contributed by atoms with Crippen LogP contribution in [0, 0.1) is 5.92 Å². The third kappa shape index (κ3) is 3.18. The molecule has 4 heteroatoms. The van der Waals surface area contributed by atoms with E-state index in [1.807, 2.05) is 12.1 Å². The minimum Gasteiger partial charge on any atom is -0.392 e. The van der Waals surface area contributed by atoms with Gasteiger partial charge in [0.05, 0.1) is 10.4 Å². The molecule has 2 unspecified atom stereocenters. The van der Waals surface area contributed by atoms with Crippen LogP contribution in [-0.4, -0.2) is 17.8 Å². The van der Waals surface area contributed by atoms with E-state index in [0.717, 1.165) is 4.34 Å². The van der Waals surface area contributed by atoms with Crippen LogP contribution in [0.4, 0.5) is 0 Å². The van der Waals surface area contributed by atoms with Crippen LogP contribution in [0.5, 0.6) is 0 Å². The number of thiophene rings is 1. The molecule has 0 saturated heterocycles. The predicted molar refractivity (Wildman–Crippen MR) is 64.5 cm³/mol. The molecular formula is C11H16ClNOS. The van der Waals surface area contributed by atoms with Crippen molar-refractivity contribution in [2.24, 2.45) is 5.92 Å². The van der Waals surface area contributed by atoms with Crippen LogP contribution >= 0.6 is 22.9 Å². The van der Waals surface area contributed by atoms with Gasteiger partial charge in [-0.1, -0.05) is 11.6 Å². The highest BCUT2D eigenvalue weighted by Gasteiger charge is 2.29. The van der Waals surface area contributed by atoms with E-state index in [-0.39, 0.29) is 12.1 Å². The summed E-state index contributed by atoms with van der Waals surface area (Å²) in [7, 11) is 0. The first kappa shape index (κ1) is 11.4. The standard InChI is InChI=1S/C11H16ClNOS/c1-7(10-4-5-11(12)15-10)13-6-9(14)8-2-3-8/h4-5,7-9,13-14H,2-3,6H2,1H3. The Morgan fingerprint density at radius 1 is 1.60 bits per heavy atom. The van der Waals surface area contributed by atoms with E-state index in [1.54, 1.807) is 11.3 Å². The lowest BCUT2D eigenvalue weighted by atomic mass is 10.2. The summed E-state index contributed by atoms with van der Waals surface area (Å²) >= 11 is 7.46. The van der Waals surface area contributed by atoms with Crippen molar-refractivity contribution in [2.45, 2.75) is 31.9 Å². The SMILES string of the molecule is CC(NCC(O)C1CC1)c1ccc(Cl)s1. The Hall–Kier alpha value is -0.0900. The molecule has 0 aromatic carbocycles. The van der Waals surface area contributed by atoms with Gasteiger partial charge in [-0.15, -0.1) is 11.3 Å². The van der Waals surface area contributed by atoms with Crippen molar-refractivity contribution in [3.05, 3.63) is 21.3 Å². The van der Waals surface area contributed by atoms with Crippen molar-refractivity contribution in [1.29, 1.82) is 0 Å². The van der Waals surface area contributed by atoms with Gasteiger partial charge in [0.15, 0.2) is 0 Å². The number of nitrogens with one attached hydrogen (secondary N) is 1. The maximum absolute atomic E-state index is 9.70. The first-order valence-electron chi connectivity index (χ1n) is 5.33. The number of hydrogen-bond acceptors (Lipinski definition) is 3. The van der Waals surface area contributed by atoms with E-state index in [4.69, 9.17) is 11.6 Å². The average molecular weight is 246 g/mol. The van der Waals surface area contributed by atoms with Gasteiger partial charge in [0.2, 0.25) is 0 Å². The summed E-state index contributed by atoms with van der Waals surface area (Å²) in [4.78, 5) is 1.22. The van der Waals surface area contributed by atoms with Crippen LogP contribution in [0.2, 0.25) is 4.34 Å². The van der Waals surface area contributed by atoms with Gasteiger partial charge < -0.3 is 10.4 Å². The van der Waals surface area contributed by atoms with E-state index in [9.17, 15) is 5.11 Å². The number of hydrogen-bond donors (Lipinski definition) is 2. The average Bonchev–Trinajstić information content (AvgIpc) is 2.97. The first-order valence-corrected chi connectivity index (χ1v) is 6.53. The third-order valence-corrected chi connectivity index (χ3v) is 4.23. The lowest BCUT2D eigenvalue weighted by Crippen LogP contribution is -2.29. The lowest BCUT2D eigenvalue weighted by Gasteiger charge is -2.15. The molecule has 0 spiro atoms. The molecule has 0 aliphatic heterocycles. The summed E-state index contributed by atoms with van der Waals surface area (Å²) < 4.78 is 0.821. The Labute approximate surface area is 99.3 Å². The van der Waals surface area contributed by atoms with Gasteiger partial charge in [0, 0.05) is 17.5 Å². The number of aliphatic hydroxyl groups excluding tert-OH is 1. The van der Waals surface area contributed by atoms with Gasteiger partial charge in [-0.3, -0.25) is 0 Å². The zero-order chi connectivity index (χ0) is 10.8. The molecule has 2 atom stereocenters. The normalized spacial score (nSPS) is 20.2. The molecule has 0 amide bonds. The Morgan fingerprint density at radius 2 is 2.33 bits per heavy atom. The maximum Gasteiger partial charge on any atom is 0.0931 e. The smallest absolute Gasteiger partial charge is 0.0931 e. The van der Waals surface area contributed by atoms with Gasteiger partial charge >= 0.3 is 0 Å². The summed E-state index contributed by atoms with van der Waals surface area (Å²) in [6, 6.07) is 4.22. The second-order valence-corrected chi connectivity index (χ2v) is 5.92. The van der Waals surface area contributed by atoms with Crippen molar-refractivity contribution < 1.29 is 5.11 Å². The van der Waals surface area contributed by atoms with E-state index in [0.29, 0.717) is 12.5 Å². The Bertz CT molecular complexity index is 324. The quantitative estimate of drug-likeness (QED) is 0.836. The number of aliphatic hydroxyl groups is 1. The van der Waals surface area contributed by atoms with Gasteiger partial charge in [-0.05, 0) is 37.8 Å². The van der Waals surface area contributed by atoms with Gasteiger partial charge in [-0.2, -0.15) is 0 Å². The van der Waals surface area contributed by atoms with Crippen molar-refractivity contribution >= 4 is 22.9 Å². The zero-order valence-electron chi connectivity index (χ0n) is 8.74. The van der Waals surface area contributed by atoms with E-state index >= 15 is 0 Å². The summed E-state index contributed by atoms with van der Waals surface area (Å²) in [5, 5.41) is 13.0. The second kappa shape index (κ2) is 4.83. The molecule has 1 aliphatic carbocycles.